The molecule has 108 valence electrons. The molecule has 1 amide bonds. The second kappa shape index (κ2) is 6.37. The monoisotopic (exact) mass is 269 g/mol. The first-order chi connectivity index (χ1) is 9.10. The Bertz CT molecular complexity index is 338. The van der Waals surface area contributed by atoms with Crippen LogP contribution in [0.3, 0.4) is 0 Å². The molecule has 5 heteroatoms. The summed E-state index contributed by atoms with van der Waals surface area (Å²) in [5, 5.41) is 8.85. The van der Waals surface area contributed by atoms with Crippen LogP contribution < -0.4 is 0 Å². The number of carboxylic acids is 1. The molecule has 1 aliphatic heterocycles. The van der Waals surface area contributed by atoms with Gasteiger partial charge in [-0.2, -0.15) is 0 Å². The first kappa shape index (κ1) is 14.3. The van der Waals surface area contributed by atoms with E-state index in [-0.39, 0.29) is 18.4 Å². The van der Waals surface area contributed by atoms with Crippen molar-refractivity contribution >= 4 is 11.9 Å². The molecule has 1 heterocycles. The predicted octanol–water partition coefficient (Wildman–Crippen LogP) is 1.66. The Labute approximate surface area is 113 Å². The van der Waals surface area contributed by atoms with Crippen molar-refractivity contribution in [3.8, 4) is 0 Å². The van der Waals surface area contributed by atoms with Crippen molar-refractivity contribution in [2.45, 2.75) is 57.6 Å². The van der Waals surface area contributed by atoms with Crippen LogP contribution in [0.4, 0.5) is 0 Å². The van der Waals surface area contributed by atoms with Crippen molar-refractivity contribution < 1.29 is 19.4 Å². The Hall–Kier alpha value is -1.10. The van der Waals surface area contributed by atoms with Crippen molar-refractivity contribution in [2.75, 3.05) is 13.2 Å². The Morgan fingerprint density at radius 3 is 2.68 bits per heavy atom. The summed E-state index contributed by atoms with van der Waals surface area (Å²) in [5.41, 5.74) is 0. The number of hydrogen-bond donors (Lipinski definition) is 1. The third-order valence-corrected chi connectivity index (χ3v) is 4.17. The van der Waals surface area contributed by atoms with Gasteiger partial charge in [0.15, 0.2) is 0 Å². The zero-order valence-electron chi connectivity index (χ0n) is 11.5. The van der Waals surface area contributed by atoms with Gasteiger partial charge >= 0.3 is 5.97 Å². The van der Waals surface area contributed by atoms with Gasteiger partial charge in [-0.3, -0.25) is 9.59 Å². The number of carbonyl (C=O) groups excluding carboxylic acids is 1. The lowest BCUT2D eigenvalue weighted by Gasteiger charge is -2.36. The fourth-order valence-corrected chi connectivity index (χ4v) is 3.16. The summed E-state index contributed by atoms with van der Waals surface area (Å²) in [6.07, 6.45) is 4.66. The average Bonchev–Trinajstić information content (AvgIpc) is 2.73. The van der Waals surface area contributed by atoms with Gasteiger partial charge in [-0.05, 0) is 38.5 Å². The number of nitrogens with zero attached hydrogens (tertiary/aromatic N) is 1. The molecule has 5 nitrogen and oxygen atoms in total. The minimum absolute atomic E-state index is 0.0813. The van der Waals surface area contributed by atoms with Gasteiger partial charge in [0.2, 0.25) is 5.91 Å². The highest BCUT2D eigenvalue weighted by Gasteiger charge is 2.35. The van der Waals surface area contributed by atoms with E-state index < -0.39 is 5.97 Å². The molecule has 0 aromatic heterocycles. The molecule has 0 spiro atoms. The smallest absolute Gasteiger partial charge is 0.305 e. The summed E-state index contributed by atoms with van der Waals surface area (Å²) in [6, 6.07) is -0.0900. The molecule has 2 aliphatic rings. The Morgan fingerprint density at radius 1 is 1.32 bits per heavy atom. The Kier molecular flexibility index (Phi) is 4.80. The molecule has 0 aromatic carbocycles. The molecule has 2 rings (SSSR count). The lowest BCUT2D eigenvalue weighted by Crippen LogP contribution is -2.40. The first-order valence-electron chi connectivity index (χ1n) is 7.23. The van der Waals surface area contributed by atoms with Crippen molar-refractivity contribution in [3.63, 3.8) is 0 Å². The maximum absolute atomic E-state index is 12.2. The number of carboxylic acid groups (broad SMARTS) is 1. The molecular weight excluding hydrogens is 246 g/mol. The summed E-state index contributed by atoms with van der Waals surface area (Å²) < 4.78 is 5.49. The van der Waals surface area contributed by atoms with Crippen LogP contribution in [-0.4, -0.2) is 47.2 Å². The number of likely N-dealkylation sites (tertiary alicyclic amines) is 1. The maximum atomic E-state index is 12.2. The van der Waals surface area contributed by atoms with Gasteiger partial charge in [0.25, 0.3) is 0 Å². The van der Waals surface area contributed by atoms with E-state index in [0.717, 1.165) is 38.8 Å². The van der Waals surface area contributed by atoms with Gasteiger partial charge in [0, 0.05) is 25.6 Å². The van der Waals surface area contributed by atoms with Gasteiger partial charge in [-0.15, -0.1) is 0 Å². The molecule has 1 saturated heterocycles. The molecule has 0 bridgehead atoms. The van der Waals surface area contributed by atoms with E-state index in [0.29, 0.717) is 18.4 Å². The zero-order valence-corrected chi connectivity index (χ0v) is 11.5. The SMILES string of the molecule is CCOC1CC(CC(=O)N2CCCC2CC(=O)O)C1. The number of hydrogen-bond acceptors (Lipinski definition) is 3. The van der Waals surface area contributed by atoms with E-state index in [1.54, 1.807) is 4.90 Å². The fourth-order valence-electron chi connectivity index (χ4n) is 3.16. The molecule has 2 fully saturated rings. The molecule has 1 atom stereocenters. The number of rotatable bonds is 6. The van der Waals surface area contributed by atoms with Crippen molar-refractivity contribution in [1.82, 2.24) is 4.90 Å². The molecule has 1 aliphatic carbocycles. The lowest BCUT2D eigenvalue weighted by molar-refractivity contribution is -0.140. The second-order valence-corrected chi connectivity index (χ2v) is 5.60. The second-order valence-electron chi connectivity index (χ2n) is 5.60. The molecular formula is C14H23NO4. The van der Waals surface area contributed by atoms with Crippen LogP contribution in [-0.2, 0) is 14.3 Å². The van der Waals surface area contributed by atoms with Crippen LogP contribution in [0, 0.1) is 5.92 Å². The van der Waals surface area contributed by atoms with Crippen molar-refractivity contribution in [1.29, 1.82) is 0 Å². The molecule has 1 saturated carbocycles. The van der Waals surface area contributed by atoms with Gasteiger partial charge in [0.05, 0.1) is 12.5 Å². The molecule has 0 aromatic rings. The van der Waals surface area contributed by atoms with E-state index in [2.05, 4.69) is 0 Å². The Balaban J connectivity index is 1.75. The van der Waals surface area contributed by atoms with E-state index in [4.69, 9.17) is 9.84 Å². The highest BCUT2D eigenvalue weighted by molar-refractivity contribution is 5.78. The average molecular weight is 269 g/mol. The largest absolute Gasteiger partial charge is 0.481 e. The molecule has 1 N–H and O–H groups in total. The summed E-state index contributed by atoms with van der Waals surface area (Å²) in [4.78, 5) is 24.8. The van der Waals surface area contributed by atoms with Crippen LogP contribution >= 0.6 is 0 Å². The molecule has 1 unspecified atom stereocenters. The summed E-state index contributed by atoms with van der Waals surface area (Å²) >= 11 is 0. The highest BCUT2D eigenvalue weighted by atomic mass is 16.5. The maximum Gasteiger partial charge on any atom is 0.305 e. The number of carbonyl (C=O) groups is 2. The van der Waals surface area contributed by atoms with E-state index in [9.17, 15) is 9.59 Å². The minimum Gasteiger partial charge on any atom is -0.481 e. The van der Waals surface area contributed by atoms with Gasteiger partial charge in [-0.1, -0.05) is 0 Å². The van der Waals surface area contributed by atoms with Crippen LogP contribution in [0.5, 0.6) is 0 Å². The minimum atomic E-state index is -0.815. The quantitative estimate of drug-likeness (QED) is 0.796. The number of aliphatic carboxylic acids is 1. The topological polar surface area (TPSA) is 66.8 Å². The van der Waals surface area contributed by atoms with Crippen LogP contribution in [0.1, 0.15) is 45.4 Å². The predicted molar refractivity (Wildman–Crippen MR) is 69.7 cm³/mol. The van der Waals surface area contributed by atoms with Crippen LogP contribution in [0.15, 0.2) is 0 Å². The summed E-state index contributed by atoms with van der Waals surface area (Å²) in [5.74, 6) is -0.261. The molecule has 0 radical (unpaired) electrons. The molecule has 19 heavy (non-hydrogen) atoms. The van der Waals surface area contributed by atoms with Crippen LogP contribution in [0.2, 0.25) is 0 Å². The van der Waals surface area contributed by atoms with E-state index in [1.807, 2.05) is 6.92 Å². The highest BCUT2D eigenvalue weighted by Crippen LogP contribution is 2.34. The third-order valence-electron chi connectivity index (χ3n) is 4.17. The van der Waals surface area contributed by atoms with Crippen molar-refractivity contribution in [3.05, 3.63) is 0 Å². The summed E-state index contributed by atoms with van der Waals surface area (Å²) in [6.45, 7) is 3.44. The summed E-state index contributed by atoms with van der Waals surface area (Å²) in [7, 11) is 0. The number of amides is 1. The third kappa shape index (κ3) is 3.69. The number of ether oxygens (including phenoxy) is 1. The van der Waals surface area contributed by atoms with Gasteiger partial charge < -0.3 is 14.7 Å². The standard InChI is InChI=1S/C14H23NO4/c1-2-19-12-6-10(7-12)8-13(16)15-5-3-4-11(15)9-14(17)18/h10-12H,2-9H2,1H3,(H,17,18). The lowest BCUT2D eigenvalue weighted by atomic mass is 9.79. The zero-order chi connectivity index (χ0) is 13.8. The first-order valence-corrected chi connectivity index (χ1v) is 7.23. The normalized spacial score (nSPS) is 30.2. The fraction of sp³-hybridized carbons (Fsp3) is 0.857. The van der Waals surface area contributed by atoms with Crippen LogP contribution in [0.25, 0.3) is 0 Å². The van der Waals surface area contributed by atoms with E-state index >= 15 is 0 Å². The van der Waals surface area contributed by atoms with E-state index in [1.165, 1.54) is 0 Å². The van der Waals surface area contributed by atoms with Crippen molar-refractivity contribution in [2.24, 2.45) is 5.92 Å². The van der Waals surface area contributed by atoms with Gasteiger partial charge in [-0.25, -0.2) is 0 Å². The Morgan fingerprint density at radius 2 is 2.05 bits per heavy atom. The van der Waals surface area contributed by atoms with Gasteiger partial charge in [0.1, 0.15) is 0 Å².